The summed E-state index contributed by atoms with van der Waals surface area (Å²) >= 11 is 0. The van der Waals surface area contributed by atoms with Gasteiger partial charge in [-0.25, -0.2) is 9.38 Å². The van der Waals surface area contributed by atoms with E-state index in [0.29, 0.717) is 18.0 Å². The Morgan fingerprint density at radius 1 is 1.32 bits per heavy atom. The molecule has 0 bridgehead atoms. The highest BCUT2D eigenvalue weighted by Crippen LogP contribution is 2.19. The SMILES string of the molecule is CCNC(=NCc1ccc(F)c(COC)c1)N1CCC(CN2CCOCC2)C1. The molecule has 2 heterocycles. The van der Waals surface area contributed by atoms with Gasteiger partial charge < -0.3 is 19.7 Å². The normalized spacial score (nSPS) is 21.3. The fourth-order valence-corrected chi connectivity index (χ4v) is 3.91. The molecule has 0 aromatic heterocycles. The van der Waals surface area contributed by atoms with Crippen molar-refractivity contribution in [3.63, 3.8) is 0 Å². The standard InChI is InChI=1S/C21H33FN4O2/c1-3-23-21(24-13-17-4-5-20(22)19(12-17)16-27-2)26-7-6-18(15-26)14-25-8-10-28-11-9-25/h4-5,12,18H,3,6-11,13-16H2,1-2H3,(H,23,24). The number of halogens is 1. The Morgan fingerprint density at radius 2 is 2.14 bits per heavy atom. The van der Waals surface area contributed by atoms with Crippen LogP contribution in [0, 0.1) is 11.7 Å². The molecule has 1 aromatic rings. The Hall–Kier alpha value is -1.70. The van der Waals surface area contributed by atoms with Crippen LogP contribution >= 0.6 is 0 Å². The zero-order valence-corrected chi connectivity index (χ0v) is 17.1. The molecule has 0 saturated carbocycles. The number of hydrogen-bond acceptors (Lipinski definition) is 4. The molecule has 2 aliphatic rings. The molecule has 6 nitrogen and oxygen atoms in total. The van der Waals surface area contributed by atoms with E-state index in [1.807, 2.05) is 6.07 Å². The molecule has 156 valence electrons. The van der Waals surface area contributed by atoms with Gasteiger partial charge in [0.15, 0.2) is 5.96 Å². The smallest absolute Gasteiger partial charge is 0.194 e. The van der Waals surface area contributed by atoms with Crippen LogP contribution in [0.1, 0.15) is 24.5 Å². The first-order valence-corrected chi connectivity index (χ1v) is 10.3. The lowest BCUT2D eigenvalue weighted by atomic mass is 10.1. The van der Waals surface area contributed by atoms with Crippen LogP contribution < -0.4 is 5.32 Å². The molecule has 0 spiro atoms. The van der Waals surface area contributed by atoms with Gasteiger partial charge in [0.05, 0.1) is 26.4 Å². The molecule has 2 fully saturated rings. The van der Waals surface area contributed by atoms with Crippen molar-refractivity contribution in [1.82, 2.24) is 15.1 Å². The molecular weight excluding hydrogens is 359 g/mol. The quantitative estimate of drug-likeness (QED) is 0.569. The highest BCUT2D eigenvalue weighted by atomic mass is 19.1. The summed E-state index contributed by atoms with van der Waals surface area (Å²) in [6.45, 7) is 10.7. The third-order valence-electron chi connectivity index (χ3n) is 5.36. The van der Waals surface area contributed by atoms with Crippen molar-refractivity contribution in [3.8, 4) is 0 Å². The Bertz CT molecular complexity index is 649. The van der Waals surface area contributed by atoms with E-state index in [2.05, 4.69) is 22.0 Å². The van der Waals surface area contributed by atoms with Crippen molar-refractivity contribution >= 4 is 5.96 Å². The summed E-state index contributed by atoms with van der Waals surface area (Å²) in [6, 6.07) is 5.14. The minimum Gasteiger partial charge on any atom is -0.380 e. The van der Waals surface area contributed by atoms with Gasteiger partial charge in [-0.1, -0.05) is 6.07 Å². The van der Waals surface area contributed by atoms with E-state index in [0.717, 1.165) is 64.0 Å². The maximum Gasteiger partial charge on any atom is 0.194 e. The second kappa shape index (κ2) is 10.7. The molecule has 1 aromatic carbocycles. The van der Waals surface area contributed by atoms with Gasteiger partial charge in [0.1, 0.15) is 5.82 Å². The summed E-state index contributed by atoms with van der Waals surface area (Å²) < 4.78 is 24.3. The van der Waals surface area contributed by atoms with E-state index in [1.54, 1.807) is 13.2 Å². The van der Waals surface area contributed by atoms with E-state index >= 15 is 0 Å². The Morgan fingerprint density at radius 3 is 2.89 bits per heavy atom. The van der Waals surface area contributed by atoms with E-state index in [9.17, 15) is 4.39 Å². The monoisotopic (exact) mass is 392 g/mol. The Kier molecular flexibility index (Phi) is 8.06. The van der Waals surface area contributed by atoms with Crippen molar-refractivity contribution in [2.75, 3.05) is 59.6 Å². The van der Waals surface area contributed by atoms with Crippen molar-refractivity contribution in [2.24, 2.45) is 10.9 Å². The van der Waals surface area contributed by atoms with Crippen LogP contribution in [-0.2, 0) is 22.6 Å². The summed E-state index contributed by atoms with van der Waals surface area (Å²) in [5, 5.41) is 3.41. The van der Waals surface area contributed by atoms with Gasteiger partial charge in [0, 0.05) is 51.9 Å². The number of guanidine groups is 1. The fraction of sp³-hybridized carbons (Fsp3) is 0.667. The molecule has 1 unspecified atom stereocenters. The number of rotatable bonds is 7. The number of nitrogens with zero attached hydrogens (tertiary/aromatic N) is 3. The zero-order chi connectivity index (χ0) is 19.8. The minimum atomic E-state index is -0.230. The predicted molar refractivity (Wildman–Crippen MR) is 109 cm³/mol. The Labute approximate surface area is 167 Å². The summed E-state index contributed by atoms with van der Waals surface area (Å²) in [4.78, 5) is 9.68. The van der Waals surface area contributed by atoms with Gasteiger partial charge in [-0.15, -0.1) is 0 Å². The molecule has 28 heavy (non-hydrogen) atoms. The van der Waals surface area contributed by atoms with Crippen molar-refractivity contribution in [3.05, 3.63) is 35.1 Å². The third-order valence-corrected chi connectivity index (χ3v) is 5.36. The summed E-state index contributed by atoms with van der Waals surface area (Å²) in [5.74, 6) is 1.39. The van der Waals surface area contributed by atoms with Crippen molar-refractivity contribution < 1.29 is 13.9 Å². The topological polar surface area (TPSA) is 49.3 Å². The first-order valence-electron chi connectivity index (χ1n) is 10.3. The maximum absolute atomic E-state index is 13.8. The van der Waals surface area contributed by atoms with Gasteiger partial charge in [-0.2, -0.15) is 0 Å². The number of methoxy groups -OCH3 is 1. The van der Waals surface area contributed by atoms with Crippen LogP contribution in [0.3, 0.4) is 0 Å². The lowest BCUT2D eigenvalue weighted by molar-refractivity contribution is 0.0315. The summed E-state index contributed by atoms with van der Waals surface area (Å²) in [6.07, 6.45) is 1.19. The Balaban J connectivity index is 1.59. The van der Waals surface area contributed by atoms with Gasteiger partial charge in [-0.05, 0) is 37.0 Å². The van der Waals surface area contributed by atoms with Crippen LogP contribution in [0.25, 0.3) is 0 Å². The number of morpholine rings is 1. The third kappa shape index (κ3) is 5.90. The lowest BCUT2D eigenvalue weighted by Gasteiger charge is -2.29. The summed E-state index contributed by atoms with van der Waals surface area (Å²) in [5.41, 5.74) is 1.57. The molecule has 0 amide bonds. The van der Waals surface area contributed by atoms with E-state index in [4.69, 9.17) is 14.5 Å². The average Bonchev–Trinajstić information content (AvgIpc) is 3.16. The fourth-order valence-electron chi connectivity index (χ4n) is 3.91. The predicted octanol–water partition coefficient (Wildman–Crippen LogP) is 2.09. The second-order valence-electron chi connectivity index (χ2n) is 7.54. The van der Waals surface area contributed by atoms with Crippen LogP contribution in [0.2, 0.25) is 0 Å². The average molecular weight is 393 g/mol. The molecule has 2 aliphatic heterocycles. The largest absolute Gasteiger partial charge is 0.380 e. The number of likely N-dealkylation sites (tertiary alicyclic amines) is 1. The number of ether oxygens (including phenoxy) is 2. The number of benzene rings is 1. The van der Waals surface area contributed by atoms with Crippen LogP contribution in [-0.4, -0.2) is 75.4 Å². The van der Waals surface area contributed by atoms with E-state index < -0.39 is 0 Å². The number of hydrogen-bond donors (Lipinski definition) is 1. The van der Waals surface area contributed by atoms with Crippen molar-refractivity contribution in [1.29, 1.82) is 0 Å². The van der Waals surface area contributed by atoms with E-state index in [1.165, 1.54) is 12.5 Å². The van der Waals surface area contributed by atoms with Gasteiger partial charge in [0.25, 0.3) is 0 Å². The first kappa shape index (κ1) is 21.0. The van der Waals surface area contributed by atoms with Gasteiger partial charge in [-0.3, -0.25) is 4.90 Å². The minimum absolute atomic E-state index is 0.230. The first-order chi connectivity index (χ1) is 13.7. The van der Waals surface area contributed by atoms with Gasteiger partial charge >= 0.3 is 0 Å². The molecule has 0 aliphatic carbocycles. The number of aliphatic imine (C=N–C) groups is 1. The van der Waals surface area contributed by atoms with Crippen LogP contribution in [0.15, 0.2) is 23.2 Å². The maximum atomic E-state index is 13.8. The summed E-state index contributed by atoms with van der Waals surface area (Å²) in [7, 11) is 1.58. The van der Waals surface area contributed by atoms with Crippen LogP contribution in [0.4, 0.5) is 4.39 Å². The van der Waals surface area contributed by atoms with Crippen LogP contribution in [0.5, 0.6) is 0 Å². The molecule has 0 radical (unpaired) electrons. The number of nitrogens with one attached hydrogen (secondary N) is 1. The molecule has 3 rings (SSSR count). The highest BCUT2D eigenvalue weighted by molar-refractivity contribution is 5.80. The molecule has 2 saturated heterocycles. The van der Waals surface area contributed by atoms with Gasteiger partial charge in [0.2, 0.25) is 0 Å². The molecule has 1 N–H and O–H groups in total. The molecule has 1 atom stereocenters. The highest BCUT2D eigenvalue weighted by Gasteiger charge is 2.27. The molecular formula is C21H33FN4O2. The van der Waals surface area contributed by atoms with E-state index in [-0.39, 0.29) is 12.4 Å². The second-order valence-corrected chi connectivity index (χ2v) is 7.54. The van der Waals surface area contributed by atoms with Crippen molar-refractivity contribution in [2.45, 2.75) is 26.5 Å². The zero-order valence-electron chi connectivity index (χ0n) is 17.1. The lowest BCUT2D eigenvalue weighted by Crippen LogP contribution is -2.42. The molecule has 7 heteroatoms.